The molecule has 0 aliphatic carbocycles. The third-order valence-corrected chi connectivity index (χ3v) is 6.93. The van der Waals surface area contributed by atoms with Gasteiger partial charge in [-0.2, -0.15) is 4.98 Å². The van der Waals surface area contributed by atoms with Crippen molar-refractivity contribution in [2.24, 2.45) is 0 Å². The predicted molar refractivity (Wildman–Crippen MR) is 127 cm³/mol. The van der Waals surface area contributed by atoms with E-state index in [2.05, 4.69) is 14.9 Å². The van der Waals surface area contributed by atoms with Crippen molar-refractivity contribution in [1.29, 1.82) is 0 Å². The Morgan fingerprint density at radius 2 is 2.09 bits per heavy atom. The van der Waals surface area contributed by atoms with Crippen LogP contribution in [0.1, 0.15) is 30.9 Å². The van der Waals surface area contributed by atoms with Gasteiger partial charge in [-0.15, -0.1) is 0 Å². The van der Waals surface area contributed by atoms with Crippen LogP contribution in [-0.4, -0.2) is 56.0 Å². The van der Waals surface area contributed by atoms with Crippen LogP contribution in [0, 0.1) is 6.92 Å². The minimum absolute atomic E-state index is 0.270. The fourth-order valence-corrected chi connectivity index (χ4v) is 5.31. The van der Waals surface area contributed by atoms with Crippen molar-refractivity contribution in [2.45, 2.75) is 39.3 Å². The van der Waals surface area contributed by atoms with Crippen LogP contribution in [-0.2, 0) is 11.3 Å². The molecule has 176 valence electrons. The molecule has 4 aromatic rings. The van der Waals surface area contributed by atoms with Gasteiger partial charge in [0.25, 0.3) is 5.19 Å². The van der Waals surface area contributed by atoms with Crippen molar-refractivity contribution in [3.05, 3.63) is 47.9 Å². The van der Waals surface area contributed by atoms with Crippen molar-refractivity contribution in [3.63, 3.8) is 0 Å². The van der Waals surface area contributed by atoms with Crippen LogP contribution in [0.3, 0.4) is 0 Å². The van der Waals surface area contributed by atoms with Crippen molar-refractivity contribution in [1.82, 2.24) is 19.8 Å². The number of ether oxygens (including phenoxy) is 1. The molecule has 2 amide bonds. The van der Waals surface area contributed by atoms with Crippen LogP contribution in [0.25, 0.3) is 21.3 Å². The molecule has 0 radical (unpaired) electrons. The van der Waals surface area contributed by atoms with Gasteiger partial charge in [0, 0.05) is 55.8 Å². The molecule has 0 spiro atoms. The van der Waals surface area contributed by atoms with E-state index < -0.39 is 12.0 Å². The lowest BCUT2D eigenvalue weighted by molar-refractivity contribution is -0.129. The second-order valence-electron chi connectivity index (χ2n) is 8.51. The number of thiazole rings is 1. The number of carbonyl (C=O) groups is 2. The first-order valence-electron chi connectivity index (χ1n) is 11.0. The first-order valence-corrected chi connectivity index (χ1v) is 11.9. The third-order valence-electron chi connectivity index (χ3n) is 6.06. The summed E-state index contributed by atoms with van der Waals surface area (Å²) in [5, 5.41) is 10.9. The van der Waals surface area contributed by atoms with E-state index in [0.717, 1.165) is 31.7 Å². The fourth-order valence-electron chi connectivity index (χ4n) is 4.42. The van der Waals surface area contributed by atoms with Gasteiger partial charge in [0.15, 0.2) is 5.65 Å². The minimum atomic E-state index is -1.18. The first kappa shape index (κ1) is 22.3. The van der Waals surface area contributed by atoms with E-state index in [0.29, 0.717) is 49.1 Å². The maximum Gasteiger partial charge on any atom is 0.414 e. The molecular weight excluding hydrogens is 456 g/mol. The zero-order chi connectivity index (χ0) is 23.8. The van der Waals surface area contributed by atoms with Crippen LogP contribution in [0.15, 0.2) is 41.1 Å². The van der Waals surface area contributed by atoms with E-state index in [1.807, 2.05) is 31.2 Å². The van der Waals surface area contributed by atoms with Crippen LogP contribution in [0.2, 0.25) is 0 Å². The Bertz CT molecular complexity index is 1360. The molecule has 3 aromatic heterocycles. The number of pyridine rings is 1. The monoisotopic (exact) mass is 480 g/mol. The molecular formula is C24H24N4O5S. The molecule has 5 rings (SSSR count). The van der Waals surface area contributed by atoms with Crippen LogP contribution < -0.4 is 4.74 Å². The van der Waals surface area contributed by atoms with Gasteiger partial charge in [0.1, 0.15) is 11.3 Å². The highest BCUT2D eigenvalue weighted by molar-refractivity contribution is 7.20. The number of aryl methyl sites for hydroxylation is 1. The van der Waals surface area contributed by atoms with Gasteiger partial charge >= 0.3 is 6.09 Å². The smallest absolute Gasteiger partial charge is 0.414 e. The van der Waals surface area contributed by atoms with Crippen LogP contribution in [0.5, 0.6) is 10.9 Å². The molecule has 9 nitrogen and oxygen atoms in total. The summed E-state index contributed by atoms with van der Waals surface area (Å²) >= 11 is 1.45. The summed E-state index contributed by atoms with van der Waals surface area (Å²) in [5.41, 5.74) is 3.53. The van der Waals surface area contributed by atoms with E-state index in [4.69, 9.17) is 9.15 Å². The van der Waals surface area contributed by atoms with Crippen LogP contribution >= 0.6 is 11.3 Å². The van der Waals surface area contributed by atoms with Gasteiger partial charge in [0.2, 0.25) is 5.91 Å². The second kappa shape index (κ2) is 9.03. The normalized spacial score (nSPS) is 15.1. The number of likely N-dealkylation sites (tertiary alicyclic amines) is 1. The van der Waals surface area contributed by atoms with Gasteiger partial charge in [-0.3, -0.25) is 9.69 Å². The average molecular weight is 481 g/mol. The molecule has 34 heavy (non-hydrogen) atoms. The molecule has 1 aliphatic rings. The Kier molecular flexibility index (Phi) is 5.93. The number of fused-ring (bicyclic) bond motifs is 2. The van der Waals surface area contributed by atoms with Crippen molar-refractivity contribution < 1.29 is 23.8 Å². The van der Waals surface area contributed by atoms with Gasteiger partial charge in [-0.1, -0.05) is 11.3 Å². The summed E-state index contributed by atoms with van der Waals surface area (Å²) in [5.74, 6) is 0.213. The Labute approximate surface area is 199 Å². The average Bonchev–Trinajstić information content (AvgIpc) is 3.37. The second-order valence-corrected chi connectivity index (χ2v) is 9.51. The maximum absolute atomic E-state index is 11.7. The van der Waals surface area contributed by atoms with Crippen molar-refractivity contribution in [3.8, 4) is 10.9 Å². The molecule has 1 aliphatic heterocycles. The fraction of sp³-hybridized carbons (Fsp3) is 0.333. The number of carboxylic acid groups (broad SMARTS) is 1. The first-order chi connectivity index (χ1) is 16.4. The summed E-state index contributed by atoms with van der Waals surface area (Å²) in [6.07, 6.45) is 3.61. The number of amides is 2. The number of nitrogens with zero attached hydrogens (tertiary/aromatic N) is 4. The molecule has 1 fully saturated rings. The zero-order valence-corrected chi connectivity index (χ0v) is 19.7. The quantitative estimate of drug-likeness (QED) is 0.424. The van der Waals surface area contributed by atoms with Gasteiger partial charge in [0.05, 0.1) is 11.0 Å². The lowest BCUT2D eigenvalue weighted by Gasteiger charge is -2.35. The number of hydrogen-bond acceptors (Lipinski definition) is 8. The Morgan fingerprint density at radius 3 is 2.82 bits per heavy atom. The number of piperidine rings is 1. The molecule has 4 heterocycles. The van der Waals surface area contributed by atoms with Gasteiger partial charge in [-0.05, 0) is 43.5 Å². The summed E-state index contributed by atoms with van der Waals surface area (Å²) in [4.78, 5) is 35.0. The van der Waals surface area contributed by atoms with Crippen LogP contribution in [0.4, 0.5) is 4.79 Å². The lowest BCUT2D eigenvalue weighted by atomic mass is 10.0. The van der Waals surface area contributed by atoms with Crippen molar-refractivity contribution >= 4 is 44.7 Å². The standard InChI is InChI=1S/C24H24N4O5S/c1-14-9-21-22(25-11-14)26-23(34-21)33-18-3-4-19-16(13-32-20(19)10-18)12-27-7-5-17(6-8-27)28(15(2)29)24(30)31/h3-4,9-11,13,17H,5-8,12H2,1-2H3,(H,30,31). The number of hydrogen-bond donors (Lipinski definition) is 1. The Balaban J connectivity index is 1.25. The highest BCUT2D eigenvalue weighted by atomic mass is 32.1. The zero-order valence-electron chi connectivity index (χ0n) is 18.9. The Hall–Kier alpha value is -3.50. The number of carbonyl (C=O) groups excluding carboxylic acids is 1. The van der Waals surface area contributed by atoms with E-state index in [1.54, 1.807) is 12.5 Å². The van der Waals surface area contributed by atoms with E-state index in [1.165, 1.54) is 18.3 Å². The van der Waals surface area contributed by atoms with E-state index in [9.17, 15) is 14.7 Å². The summed E-state index contributed by atoms with van der Waals surface area (Å²) in [6.45, 7) is 5.40. The summed E-state index contributed by atoms with van der Waals surface area (Å²) in [6, 6.07) is 7.50. The molecule has 0 saturated carbocycles. The highest BCUT2D eigenvalue weighted by Gasteiger charge is 2.30. The van der Waals surface area contributed by atoms with E-state index in [-0.39, 0.29) is 6.04 Å². The SMILES string of the molecule is CC(=O)N(C(=O)O)C1CCN(Cc2coc3cc(Oc4nc5ncc(C)cc5s4)ccc23)CC1. The number of imide groups is 1. The summed E-state index contributed by atoms with van der Waals surface area (Å²) in [7, 11) is 0. The molecule has 0 bridgehead atoms. The lowest BCUT2D eigenvalue weighted by Crippen LogP contribution is -2.48. The molecule has 1 N–H and O–H groups in total. The molecule has 0 unspecified atom stereocenters. The largest absolute Gasteiger partial charge is 0.465 e. The number of rotatable bonds is 5. The number of benzene rings is 1. The topological polar surface area (TPSA) is 109 Å². The Morgan fingerprint density at radius 1 is 1.29 bits per heavy atom. The number of aromatic nitrogens is 2. The van der Waals surface area contributed by atoms with E-state index >= 15 is 0 Å². The minimum Gasteiger partial charge on any atom is -0.465 e. The molecule has 0 atom stereocenters. The molecule has 1 saturated heterocycles. The van der Waals surface area contributed by atoms with Gasteiger partial charge < -0.3 is 14.3 Å². The summed E-state index contributed by atoms with van der Waals surface area (Å²) < 4.78 is 12.7. The number of furan rings is 1. The molecule has 10 heteroatoms. The predicted octanol–water partition coefficient (Wildman–Crippen LogP) is 5.03. The highest BCUT2D eigenvalue weighted by Crippen LogP contribution is 2.33. The maximum atomic E-state index is 11.7. The van der Waals surface area contributed by atoms with Gasteiger partial charge in [-0.25, -0.2) is 14.7 Å². The van der Waals surface area contributed by atoms with Crippen molar-refractivity contribution in [2.75, 3.05) is 13.1 Å². The third kappa shape index (κ3) is 4.46. The molecule has 1 aromatic carbocycles.